The Labute approximate surface area is 142 Å². The van der Waals surface area contributed by atoms with Crippen LogP contribution in [0.5, 0.6) is 11.5 Å². The predicted octanol–water partition coefficient (Wildman–Crippen LogP) is 1.87. The molecule has 0 aliphatic heterocycles. The smallest absolute Gasteiger partial charge is 0.255 e. The summed E-state index contributed by atoms with van der Waals surface area (Å²) in [5.41, 5.74) is 0.631. The van der Waals surface area contributed by atoms with Crippen LogP contribution < -0.4 is 14.8 Å². The minimum absolute atomic E-state index is 0.159. The lowest BCUT2D eigenvalue weighted by Crippen LogP contribution is -2.14. The molecule has 0 saturated carbocycles. The molecule has 0 radical (unpaired) electrons. The number of rotatable bonds is 6. The summed E-state index contributed by atoms with van der Waals surface area (Å²) in [6, 6.07) is 6.97. The molecule has 24 heavy (non-hydrogen) atoms. The number of methoxy groups -OCH3 is 2. The zero-order valence-electron chi connectivity index (χ0n) is 13.1. The highest BCUT2D eigenvalue weighted by Gasteiger charge is 2.11. The summed E-state index contributed by atoms with van der Waals surface area (Å²) >= 11 is 1.28. The second-order valence-electron chi connectivity index (χ2n) is 4.68. The lowest BCUT2D eigenvalue weighted by atomic mass is 10.2. The molecule has 3 rings (SSSR count). The number of amides is 1. The molecule has 1 amide bonds. The number of hydrogen-bond acceptors (Lipinski definition) is 7. The highest BCUT2D eigenvalue weighted by Crippen LogP contribution is 2.29. The number of hydrogen-bond donors (Lipinski definition) is 1. The number of carbonyl (C=O) groups excluding carboxylic acids is 1. The molecule has 0 aliphatic carbocycles. The van der Waals surface area contributed by atoms with E-state index < -0.39 is 0 Å². The molecule has 0 fully saturated rings. The number of carbonyl (C=O) groups is 1. The Hall–Kier alpha value is -2.81. The van der Waals surface area contributed by atoms with E-state index in [0.29, 0.717) is 28.1 Å². The van der Waals surface area contributed by atoms with Crippen molar-refractivity contribution in [3.8, 4) is 11.5 Å². The van der Waals surface area contributed by atoms with E-state index in [0.717, 1.165) is 0 Å². The maximum atomic E-state index is 12.1. The first-order valence-corrected chi connectivity index (χ1v) is 8.00. The van der Waals surface area contributed by atoms with Crippen LogP contribution >= 0.6 is 11.8 Å². The second kappa shape index (κ2) is 7.18. The van der Waals surface area contributed by atoms with Gasteiger partial charge >= 0.3 is 0 Å². The van der Waals surface area contributed by atoms with E-state index in [9.17, 15) is 4.79 Å². The van der Waals surface area contributed by atoms with Crippen LogP contribution in [0.4, 0.5) is 5.69 Å². The van der Waals surface area contributed by atoms with E-state index in [-0.39, 0.29) is 11.7 Å². The topological polar surface area (TPSA) is 90.6 Å². The average Bonchev–Trinajstić information content (AvgIpc) is 3.03. The van der Waals surface area contributed by atoms with Gasteiger partial charge in [-0.15, -0.1) is 10.2 Å². The number of fused-ring (bicyclic) bond motifs is 1. The van der Waals surface area contributed by atoms with Crippen LogP contribution in [0.3, 0.4) is 0 Å². The lowest BCUT2D eigenvalue weighted by molar-refractivity contribution is -0.113. The minimum Gasteiger partial charge on any atom is -0.493 e. The predicted molar refractivity (Wildman–Crippen MR) is 89.7 cm³/mol. The first-order chi connectivity index (χ1) is 11.7. The fourth-order valence-electron chi connectivity index (χ4n) is 2.06. The molecule has 1 aromatic carbocycles. The molecule has 1 N–H and O–H groups in total. The van der Waals surface area contributed by atoms with Crippen LogP contribution in [0, 0.1) is 0 Å². The molecule has 9 heteroatoms. The number of nitrogens with zero attached hydrogens (tertiary/aromatic N) is 4. The van der Waals surface area contributed by atoms with Crippen LogP contribution in [0.15, 0.2) is 41.8 Å². The molecule has 0 saturated heterocycles. The van der Waals surface area contributed by atoms with Crippen molar-refractivity contribution in [3.05, 3.63) is 36.7 Å². The van der Waals surface area contributed by atoms with Crippen LogP contribution in [-0.4, -0.2) is 45.5 Å². The van der Waals surface area contributed by atoms with Gasteiger partial charge < -0.3 is 14.8 Å². The van der Waals surface area contributed by atoms with Crippen molar-refractivity contribution in [1.29, 1.82) is 0 Å². The number of aromatic nitrogens is 4. The lowest BCUT2D eigenvalue weighted by Gasteiger charge is -2.10. The summed E-state index contributed by atoms with van der Waals surface area (Å²) < 4.78 is 12.1. The molecule has 0 atom stereocenters. The average molecular weight is 345 g/mol. The maximum Gasteiger partial charge on any atom is 0.255 e. The number of ether oxygens (including phenoxy) is 2. The van der Waals surface area contributed by atoms with Gasteiger partial charge in [-0.1, -0.05) is 11.8 Å². The van der Waals surface area contributed by atoms with Crippen molar-refractivity contribution in [1.82, 2.24) is 19.6 Å². The molecule has 0 bridgehead atoms. The van der Waals surface area contributed by atoms with Crippen LogP contribution in [0.1, 0.15) is 0 Å². The Morgan fingerprint density at radius 1 is 1.25 bits per heavy atom. The van der Waals surface area contributed by atoms with E-state index in [4.69, 9.17) is 9.47 Å². The van der Waals surface area contributed by atoms with Gasteiger partial charge in [-0.25, -0.2) is 4.98 Å². The SMILES string of the molecule is COc1ccc(NC(=O)CSc2nnc3ncccn23)cc1OC. The molecule has 0 unspecified atom stereocenters. The Balaban J connectivity index is 1.63. The second-order valence-corrected chi connectivity index (χ2v) is 5.62. The molecule has 2 aromatic heterocycles. The summed E-state index contributed by atoms with van der Waals surface area (Å²) in [6.07, 6.45) is 3.44. The van der Waals surface area contributed by atoms with Gasteiger partial charge in [-0.3, -0.25) is 9.20 Å². The first kappa shape index (κ1) is 16.1. The summed E-state index contributed by atoms with van der Waals surface area (Å²) in [6.45, 7) is 0. The third kappa shape index (κ3) is 3.40. The van der Waals surface area contributed by atoms with Gasteiger partial charge in [0.15, 0.2) is 16.7 Å². The van der Waals surface area contributed by atoms with Gasteiger partial charge in [0, 0.05) is 24.1 Å². The zero-order valence-corrected chi connectivity index (χ0v) is 13.9. The van der Waals surface area contributed by atoms with Crippen LogP contribution in [0.25, 0.3) is 5.78 Å². The molecule has 8 nitrogen and oxygen atoms in total. The van der Waals surface area contributed by atoms with Gasteiger partial charge in [-0.05, 0) is 18.2 Å². The van der Waals surface area contributed by atoms with Gasteiger partial charge in [0.05, 0.1) is 20.0 Å². The molecular formula is C15H15N5O3S. The van der Waals surface area contributed by atoms with Crippen molar-refractivity contribution in [2.45, 2.75) is 5.16 Å². The van der Waals surface area contributed by atoms with E-state index in [1.807, 2.05) is 0 Å². The molecule has 3 aromatic rings. The highest BCUT2D eigenvalue weighted by atomic mass is 32.2. The summed E-state index contributed by atoms with van der Waals surface area (Å²) in [7, 11) is 3.11. The van der Waals surface area contributed by atoms with Crippen molar-refractivity contribution in [2.24, 2.45) is 0 Å². The monoisotopic (exact) mass is 345 g/mol. The Morgan fingerprint density at radius 3 is 2.88 bits per heavy atom. The molecular weight excluding hydrogens is 330 g/mol. The van der Waals surface area contributed by atoms with Crippen LogP contribution in [0.2, 0.25) is 0 Å². The highest BCUT2D eigenvalue weighted by molar-refractivity contribution is 7.99. The quantitative estimate of drug-likeness (QED) is 0.682. The molecule has 124 valence electrons. The van der Waals surface area contributed by atoms with Crippen molar-refractivity contribution in [2.75, 3.05) is 25.3 Å². The van der Waals surface area contributed by atoms with Gasteiger partial charge in [0.1, 0.15) is 0 Å². The Kier molecular flexibility index (Phi) is 4.80. The number of thioether (sulfide) groups is 1. The van der Waals surface area contributed by atoms with Crippen molar-refractivity contribution < 1.29 is 14.3 Å². The third-order valence-electron chi connectivity index (χ3n) is 3.16. The number of nitrogens with one attached hydrogen (secondary N) is 1. The van der Waals surface area contributed by atoms with E-state index in [1.165, 1.54) is 11.8 Å². The third-order valence-corrected chi connectivity index (χ3v) is 4.10. The number of anilines is 1. The van der Waals surface area contributed by atoms with E-state index >= 15 is 0 Å². The summed E-state index contributed by atoms with van der Waals surface area (Å²) in [5, 5.41) is 11.4. The normalized spacial score (nSPS) is 10.6. The van der Waals surface area contributed by atoms with Crippen molar-refractivity contribution in [3.63, 3.8) is 0 Å². The zero-order chi connectivity index (χ0) is 16.9. The van der Waals surface area contributed by atoms with E-state index in [1.54, 1.807) is 55.3 Å². The summed E-state index contributed by atoms with van der Waals surface area (Å²) in [4.78, 5) is 16.2. The maximum absolute atomic E-state index is 12.1. The van der Waals surface area contributed by atoms with Crippen LogP contribution in [-0.2, 0) is 4.79 Å². The standard InChI is InChI=1S/C15H15N5O3S/c1-22-11-5-4-10(8-12(11)23-2)17-13(21)9-24-15-19-18-14-16-6-3-7-20(14)15/h3-8H,9H2,1-2H3,(H,17,21). The fourth-order valence-corrected chi connectivity index (χ4v) is 2.77. The van der Waals surface area contributed by atoms with E-state index in [2.05, 4.69) is 20.5 Å². The molecule has 0 aliphatic rings. The molecule has 2 heterocycles. The summed E-state index contributed by atoms with van der Waals surface area (Å²) in [5.74, 6) is 1.70. The Morgan fingerprint density at radius 2 is 2.08 bits per heavy atom. The number of benzene rings is 1. The molecule has 0 spiro atoms. The fraction of sp³-hybridized carbons (Fsp3) is 0.200. The van der Waals surface area contributed by atoms with Gasteiger partial charge in [0.2, 0.25) is 5.91 Å². The van der Waals surface area contributed by atoms with Gasteiger partial charge in [-0.2, -0.15) is 0 Å². The minimum atomic E-state index is -0.159. The first-order valence-electron chi connectivity index (χ1n) is 7.01. The van der Waals surface area contributed by atoms with Gasteiger partial charge in [0.25, 0.3) is 5.78 Å². The van der Waals surface area contributed by atoms with Crippen molar-refractivity contribution >= 4 is 29.1 Å². The Bertz CT molecular complexity index is 867. The largest absolute Gasteiger partial charge is 0.493 e.